The monoisotopic (exact) mass is 269 g/mol. The summed E-state index contributed by atoms with van der Waals surface area (Å²) in [5.41, 5.74) is -0.729. The summed E-state index contributed by atoms with van der Waals surface area (Å²) in [5, 5.41) is -0.492. The Morgan fingerprint density at radius 1 is 1.31 bits per heavy atom. The van der Waals surface area contributed by atoms with Crippen LogP contribution in [0.5, 0.6) is 0 Å². The molecule has 1 amide bonds. The molecule has 1 aromatic rings. The molecule has 0 atom stereocenters. The van der Waals surface area contributed by atoms with E-state index in [4.69, 9.17) is 11.6 Å². The summed E-state index contributed by atoms with van der Waals surface area (Å²) in [6, 6.07) is 1.85. The van der Waals surface area contributed by atoms with Gasteiger partial charge in [0.2, 0.25) is 10.0 Å². The highest BCUT2D eigenvalue weighted by molar-refractivity contribution is 7.89. The number of sulfonamides is 1. The maximum Gasteiger partial charge on any atom is 0.267 e. The van der Waals surface area contributed by atoms with Crippen molar-refractivity contribution in [3.8, 4) is 0 Å². The Labute approximate surface area is 95.3 Å². The van der Waals surface area contributed by atoms with Crippen molar-refractivity contribution in [3.05, 3.63) is 34.4 Å². The number of halogens is 3. The number of rotatable bonds is 2. The van der Waals surface area contributed by atoms with Crippen LogP contribution in [0.2, 0.25) is 5.02 Å². The Kier molecular flexibility index (Phi) is 3.49. The van der Waals surface area contributed by atoms with Gasteiger partial charge < -0.3 is 0 Å². The van der Waals surface area contributed by atoms with Gasteiger partial charge in [-0.05, 0) is 12.1 Å². The van der Waals surface area contributed by atoms with E-state index in [1.807, 2.05) is 0 Å². The maximum absolute atomic E-state index is 13.2. The van der Waals surface area contributed by atoms with Gasteiger partial charge in [-0.3, -0.25) is 4.79 Å². The van der Waals surface area contributed by atoms with E-state index >= 15 is 0 Å². The summed E-state index contributed by atoms with van der Waals surface area (Å²) in [6.07, 6.45) is 0.717. The normalized spacial score (nSPS) is 11.2. The Bertz CT molecular complexity index is 544. The second-order valence-corrected chi connectivity index (χ2v) is 5.08. The lowest BCUT2D eigenvalue weighted by Crippen LogP contribution is -2.30. The minimum Gasteiger partial charge on any atom is -0.268 e. The fraction of sp³-hybridized carbons (Fsp3) is 0.125. The number of carbonyl (C=O) groups excluding carboxylic acids is 1. The molecule has 0 aromatic heterocycles. The van der Waals surface area contributed by atoms with Crippen LogP contribution in [-0.4, -0.2) is 20.6 Å². The van der Waals surface area contributed by atoms with Gasteiger partial charge in [-0.1, -0.05) is 11.6 Å². The van der Waals surface area contributed by atoms with Crippen molar-refractivity contribution in [3.63, 3.8) is 0 Å². The highest BCUT2D eigenvalue weighted by Crippen LogP contribution is 2.20. The van der Waals surface area contributed by atoms with Crippen LogP contribution in [0, 0.1) is 11.6 Å². The van der Waals surface area contributed by atoms with Crippen molar-refractivity contribution in [1.29, 1.82) is 0 Å². The lowest BCUT2D eigenvalue weighted by Gasteiger charge is -2.05. The third-order valence-electron chi connectivity index (χ3n) is 1.56. The van der Waals surface area contributed by atoms with Crippen LogP contribution in [0.25, 0.3) is 0 Å². The fourth-order valence-electron chi connectivity index (χ4n) is 0.925. The molecule has 0 radical (unpaired) electrons. The van der Waals surface area contributed by atoms with Crippen molar-refractivity contribution in [1.82, 2.24) is 4.72 Å². The molecule has 4 nitrogen and oxygen atoms in total. The molecule has 8 heteroatoms. The van der Waals surface area contributed by atoms with Crippen molar-refractivity contribution in [2.45, 2.75) is 0 Å². The molecule has 16 heavy (non-hydrogen) atoms. The zero-order chi connectivity index (χ0) is 12.5. The largest absolute Gasteiger partial charge is 0.268 e. The highest BCUT2D eigenvalue weighted by atomic mass is 35.5. The second kappa shape index (κ2) is 4.34. The topological polar surface area (TPSA) is 63.2 Å². The zero-order valence-electron chi connectivity index (χ0n) is 7.92. The molecule has 0 spiro atoms. The fourth-order valence-corrected chi connectivity index (χ4v) is 1.52. The van der Waals surface area contributed by atoms with Gasteiger partial charge in [-0.25, -0.2) is 21.9 Å². The van der Waals surface area contributed by atoms with E-state index in [9.17, 15) is 22.0 Å². The summed E-state index contributed by atoms with van der Waals surface area (Å²) in [7, 11) is -3.83. The van der Waals surface area contributed by atoms with E-state index in [2.05, 4.69) is 0 Å². The van der Waals surface area contributed by atoms with Gasteiger partial charge >= 0.3 is 0 Å². The first kappa shape index (κ1) is 12.9. The Hall–Kier alpha value is -1.21. The molecule has 0 saturated carbocycles. The molecule has 0 bridgehead atoms. The average Bonchev–Trinajstić information content (AvgIpc) is 2.11. The van der Waals surface area contributed by atoms with E-state index in [1.54, 1.807) is 0 Å². The maximum atomic E-state index is 13.2. The van der Waals surface area contributed by atoms with Gasteiger partial charge in [0, 0.05) is 0 Å². The van der Waals surface area contributed by atoms with Crippen LogP contribution in [0.1, 0.15) is 10.4 Å². The van der Waals surface area contributed by atoms with E-state index < -0.39 is 38.2 Å². The van der Waals surface area contributed by atoms with Crippen molar-refractivity contribution >= 4 is 27.5 Å². The lowest BCUT2D eigenvalue weighted by atomic mass is 10.2. The number of amides is 1. The molecule has 88 valence electrons. The minimum atomic E-state index is -3.83. The summed E-state index contributed by atoms with van der Waals surface area (Å²) in [4.78, 5) is 11.2. The van der Waals surface area contributed by atoms with Gasteiger partial charge in [0.15, 0.2) is 11.6 Å². The molecule has 0 saturated heterocycles. The van der Waals surface area contributed by atoms with Gasteiger partial charge in [0.1, 0.15) is 0 Å². The first-order valence-electron chi connectivity index (χ1n) is 3.88. The zero-order valence-corrected chi connectivity index (χ0v) is 9.49. The average molecular weight is 270 g/mol. The van der Waals surface area contributed by atoms with E-state index in [-0.39, 0.29) is 0 Å². The third-order valence-corrected chi connectivity index (χ3v) is 2.41. The number of nitrogens with one attached hydrogen (secondary N) is 1. The van der Waals surface area contributed by atoms with Crippen LogP contribution in [0.3, 0.4) is 0 Å². The molecule has 0 aliphatic rings. The predicted octanol–water partition coefficient (Wildman–Crippen LogP) is 1.31. The van der Waals surface area contributed by atoms with Crippen LogP contribution in [-0.2, 0) is 10.0 Å². The Morgan fingerprint density at radius 2 is 1.88 bits per heavy atom. The van der Waals surface area contributed by atoms with Crippen LogP contribution < -0.4 is 4.72 Å². The first-order valence-corrected chi connectivity index (χ1v) is 6.15. The minimum absolute atomic E-state index is 0.492. The molecule has 1 rings (SSSR count). The number of hydrogen-bond acceptors (Lipinski definition) is 3. The molecule has 0 aliphatic heterocycles. The van der Waals surface area contributed by atoms with Crippen LogP contribution in [0.15, 0.2) is 12.1 Å². The van der Waals surface area contributed by atoms with Gasteiger partial charge in [0.25, 0.3) is 5.91 Å². The molecular weight excluding hydrogens is 264 g/mol. The summed E-state index contributed by atoms with van der Waals surface area (Å²) < 4.78 is 49.0. The van der Waals surface area contributed by atoms with Gasteiger partial charge in [-0.15, -0.1) is 0 Å². The van der Waals surface area contributed by atoms with Gasteiger partial charge in [-0.2, -0.15) is 0 Å². The molecule has 0 heterocycles. The first-order chi connectivity index (χ1) is 7.22. The molecule has 1 N–H and O–H groups in total. The van der Waals surface area contributed by atoms with E-state index in [1.165, 1.54) is 4.72 Å². The van der Waals surface area contributed by atoms with Crippen molar-refractivity contribution in [2.75, 3.05) is 6.26 Å². The van der Waals surface area contributed by atoms with E-state index in [0.29, 0.717) is 0 Å². The molecule has 0 unspecified atom stereocenters. The molecular formula is C8H6ClF2NO3S. The third kappa shape index (κ3) is 2.89. The number of benzene rings is 1. The summed E-state index contributed by atoms with van der Waals surface area (Å²) in [5.74, 6) is -4.15. The van der Waals surface area contributed by atoms with Crippen molar-refractivity contribution < 1.29 is 22.0 Å². The quantitative estimate of drug-likeness (QED) is 0.824. The van der Waals surface area contributed by atoms with E-state index in [0.717, 1.165) is 18.4 Å². The molecule has 1 aromatic carbocycles. The molecule has 0 fully saturated rings. The Morgan fingerprint density at radius 3 is 2.38 bits per heavy atom. The SMILES string of the molecule is CS(=O)(=O)NC(=O)c1ccc(Cl)c(F)c1F. The standard InChI is InChI=1S/C8H6ClF2NO3S/c1-16(14,15)12-8(13)4-2-3-5(9)7(11)6(4)10/h2-3H,1H3,(H,12,13). The lowest BCUT2D eigenvalue weighted by molar-refractivity contribution is 0.0977. The summed E-state index contributed by atoms with van der Waals surface area (Å²) in [6.45, 7) is 0. The smallest absolute Gasteiger partial charge is 0.267 e. The highest BCUT2D eigenvalue weighted by Gasteiger charge is 2.19. The number of hydrogen-bond donors (Lipinski definition) is 1. The molecule has 0 aliphatic carbocycles. The Balaban J connectivity index is 3.16. The second-order valence-electron chi connectivity index (χ2n) is 2.93. The number of carbonyl (C=O) groups is 1. The summed E-state index contributed by atoms with van der Waals surface area (Å²) >= 11 is 5.26. The van der Waals surface area contributed by atoms with Crippen LogP contribution >= 0.6 is 11.6 Å². The van der Waals surface area contributed by atoms with Gasteiger partial charge in [0.05, 0.1) is 16.8 Å². The predicted molar refractivity (Wildman–Crippen MR) is 53.7 cm³/mol. The van der Waals surface area contributed by atoms with Crippen LogP contribution in [0.4, 0.5) is 8.78 Å². The van der Waals surface area contributed by atoms with Crippen molar-refractivity contribution in [2.24, 2.45) is 0 Å².